The number of ether oxygens (including phenoxy) is 2. The monoisotopic (exact) mass is 471 g/mol. The summed E-state index contributed by atoms with van der Waals surface area (Å²) in [7, 11) is 7.20. The van der Waals surface area contributed by atoms with Crippen LogP contribution >= 0.6 is 0 Å². The molecular weight excluding hydrogens is 433 g/mol. The van der Waals surface area contributed by atoms with Gasteiger partial charge in [-0.25, -0.2) is 9.37 Å². The van der Waals surface area contributed by atoms with Crippen molar-refractivity contribution in [2.45, 2.75) is 64.0 Å². The Morgan fingerprint density at radius 2 is 1.71 bits per heavy atom. The molecule has 1 aromatic carbocycles. The molecule has 1 fully saturated rings. The van der Waals surface area contributed by atoms with Gasteiger partial charge in [-0.15, -0.1) is 0 Å². The Balaban J connectivity index is 1.27. The third kappa shape index (κ3) is 5.71. The molecular formula is C26H38FN5O2. The van der Waals surface area contributed by atoms with Gasteiger partial charge in [0.1, 0.15) is 11.6 Å². The zero-order chi connectivity index (χ0) is 24.1. The zero-order valence-corrected chi connectivity index (χ0v) is 20.9. The largest absolute Gasteiger partial charge is 0.493 e. The van der Waals surface area contributed by atoms with Crippen molar-refractivity contribution in [1.82, 2.24) is 15.3 Å². The average Bonchev–Trinajstić information content (AvgIpc) is 2.85. The van der Waals surface area contributed by atoms with E-state index in [1.54, 1.807) is 13.2 Å². The number of hydrogen-bond donors (Lipinski definition) is 2. The Hall–Kier alpha value is -2.61. The lowest BCUT2D eigenvalue weighted by atomic mass is 9.86. The van der Waals surface area contributed by atoms with Crippen molar-refractivity contribution >= 4 is 11.8 Å². The first-order valence-corrected chi connectivity index (χ1v) is 12.4. The van der Waals surface area contributed by atoms with Crippen molar-refractivity contribution in [2.75, 3.05) is 45.1 Å². The molecule has 1 saturated carbocycles. The van der Waals surface area contributed by atoms with Crippen LogP contribution in [0, 0.1) is 11.7 Å². The maximum Gasteiger partial charge on any atom is 0.225 e. The van der Waals surface area contributed by atoms with Crippen LogP contribution in [0.25, 0.3) is 0 Å². The van der Waals surface area contributed by atoms with Crippen LogP contribution in [0.15, 0.2) is 12.1 Å². The van der Waals surface area contributed by atoms with Gasteiger partial charge in [-0.2, -0.15) is 4.98 Å². The Bertz CT molecular complexity index is 976. The Kier molecular flexibility index (Phi) is 8.08. The number of fused-ring (bicyclic) bond motifs is 1. The SMILES string of the molecule is COc1cc(F)c(CNCC2CCC(Nc3nc4c(c(N(C)C)n3)CCCC4)CC2)cc1OC. The molecule has 186 valence electrons. The second-order valence-electron chi connectivity index (χ2n) is 9.69. The van der Waals surface area contributed by atoms with Gasteiger partial charge in [0.25, 0.3) is 0 Å². The second-order valence-corrected chi connectivity index (χ2v) is 9.69. The minimum atomic E-state index is -0.278. The Morgan fingerprint density at radius 1 is 1.00 bits per heavy atom. The van der Waals surface area contributed by atoms with Crippen molar-refractivity contribution < 1.29 is 13.9 Å². The average molecular weight is 472 g/mol. The van der Waals surface area contributed by atoms with Crippen molar-refractivity contribution in [1.29, 1.82) is 0 Å². The van der Waals surface area contributed by atoms with Gasteiger partial charge in [-0.05, 0) is 69.9 Å². The van der Waals surface area contributed by atoms with Crippen molar-refractivity contribution in [3.8, 4) is 11.5 Å². The van der Waals surface area contributed by atoms with Gasteiger partial charge in [0, 0.05) is 43.9 Å². The lowest BCUT2D eigenvalue weighted by Gasteiger charge is -2.30. The van der Waals surface area contributed by atoms with Crippen LogP contribution in [0.3, 0.4) is 0 Å². The molecule has 34 heavy (non-hydrogen) atoms. The van der Waals surface area contributed by atoms with Crippen molar-refractivity contribution in [3.05, 3.63) is 34.8 Å². The fourth-order valence-electron chi connectivity index (χ4n) is 5.14. The standard InChI is InChI=1S/C26H38FN5O2/c1-32(2)25-20-7-5-6-8-22(20)30-26(31-25)29-19-11-9-17(10-12-19)15-28-16-18-13-23(33-3)24(34-4)14-21(18)27/h13-14,17,19,28H,5-12,15-16H2,1-4H3,(H,29,30,31). The summed E-state index contributed by atoms with van der Waals surface area (Å²) in [6, 6.07) is 3.50. The normalized spacial score (nSPS) is 19.9. The molecule has 0 saturated heterocycles. The van der Waals surface area contributed by atoms with E-state index in [1.165, 1.54) is 37.3 Å². The highest BCUT2D eigenvalue weighted by atomic mass is 19.1. The number of anilines is 2. The summed E-state index contributed by atoms with van der Waals surface area (Å²) in [5.74, 6) is 3.11. The molecule has 2 aliphatic carbocycles. The van der Waals surface area contributed by atoms with Gasteiger partial charge in [0.15, 0.2) is 11.5 Å². The summed E-state index contributed by atoms with van der Waals surface area (Å²) in [5, 5.41) is 7.05. The summed E-state index contributed by atoms with van der Waals surface area (Å²) >= 11 is 0. The van der Waals surface area contributed by atoms with E-state index < -0.39 is 0 Å². The van der Waals surface area contributed by atoms with E-state index in [1.807, 2.05) is 0 Å². The number of aromatic nitrogens is 2. The van der Waals surface area contributed by atoms with Gasteiger partial charge >= 0.3 is 0 Å². The van der Waals surface area contributed by atoms with Crippen LogP contribution in [-0.4, -0.2) is 50.9 Å². The summed E-state index contributed by atoms with van der Waals surface area (Å²) in [6.45, 7) is 1.35. The van der Waals surface area contributed by atoms with E-state index in [4.69, 9.17) is 19.4 Å². The molecule has 2 aliphatic rings. The Labute approximate surface area is 202 Å². The molecule has 0 bridgehead atoms. The molecule has 1 heterocycles. The summed E-state index contributed by atoms with van der Waals surface area (Å²) in [6.07, 6.45) is 9.00. The summed E-state index contributed by atoms with van der Waals surface area (Å²) in [4.78, 5) is 11.8. The van der Waals surface area contributed by atoms with Crippen molar-refractivity contribution in [3.63, 3.8) is 0 Å². The third-order valence-electron chi connectivity index (χ3n) is 7.07. The van der Waals surface area contributed by atoms with E-state index in [2.05, 4.69) is 29.6 Å². The predicted molar refractivity (Wildman–Crippen MR) is 134 cm³/mol. The number of rotatable bonds is 9. The number of hydrogen-bond acceptors (Lipinski definition) is 7. The second kappa shape index (κ2) is 11.2. The molecule has 0 spiro atoms. The number of halogens is 1. The molecule has 0 unspecified atom stereocenters. The van der Waals surface area contributed by atoms with E-state index in [0.717, 1.165) is 56.8 Å². The van der Waals surface area contributed by atoms with Crippen LogP contribution in [0.1, 0.15) is 55.3 Å². The topological polar surface area (TPSA) is 71.5 Å². The van der Waals surface area contributed by atoms with Crippen LogP contribution < -0.4 is 25.0 Å². The molecule has 2 aromatic rings. The highest BCUT2D eigenvalue weighted by Crippen LogP contribution is 2.31. The van der Waals surface area contributed by atoms with Gasteiger partial charge in [-0.1, -0.05) is 0 Å². The first-order chi connectivity index (χ1) is 16.5. The molecule has 4 rings (SSSR count). The van der Waals surface area contributed by atoms with Crippen LogP contribution in [-0.2, 0) is 19.4 Å². The number of nitrogens with one attached hydrogen (secondary N) is 2. The van der Waals surface area contributed by atoms with E-state index >= 15 is 0 Å². The molecule has 0 aliphatic heterocycles. The molecule has 0 atom stereocenters. The first-order valence-electron chi connectivity index (χ1n) is 12.4. The summed E-state index contributed by atoms with van der Waals surface area (Å²) < 4.78 is 24.8. The van der Waals surface area contributed by atoms with Crippen molar-refractivity contribution in [2.24, 2.45) is 5.92 Å². The molecule has 2 N–H and O–H groups in total. The minimum absolute atomic E-state index is 0.278. The van der Waals surface area contributed by atoms with Gasteiger partial charge in [0.05, 0.1) is 19.9 Å². The lowest BCUT2D eigenvalue weighted by molar-refractivity contribution is 0.322. The molecule has 7 nitrogen and oxygen atoms in total. The Morgan fingerprint density at radius 3 is 2.41 bits per heavy atom. The lowest BCUT2D eigenvalue weighted by Crippen LogP contribution is -2.32. The van der Waals surface area contributed by atoms with E-state index in [9.17, 15) is 4.39 Å². The number of nitrogens with zero attached hydrogens (tertiary/aromatic N) is 3. The molecule has 0 amide bonds. The number of methoxy groups -OCH3 is 2. The fourth-order valence-corrected chi connectivity index (χ4v) is 5.14. The van der Waals surface area contributed by atoms with Gasteiger partial charge in [-0.3, -0.25) is 0 Å². The van der Waals surface area contributed by atoms with Crippen LogP contribution in [0.4, 0.5) is 16.2 Å². The van der Waals surface area contributed by atoms with E-state index in [0.29, 0.717) is 35.6 Å². The van der Waals surface area contributed by atoms with Gasteiger partial charge < -0.3 is 25.0 Å². The predicted octanol–water partition coefficient (Wildman–Crippen LogP) is 4.34. The maximum atomic E-state index is 14.4. The smallest absolute Gasteiger partial charge is 0.225 e. The maximum absolute atomic E-state index is 14.4. The van der Waals surface area contributed by atoms with E-state index in [-0.39, 0.29) is 5.82 Å². The quantitative estimate of drug-likeness (QED) is 0.564. The van der Waals surface area contributed by atoms with Crippen LogP contribution in [0.5, 0.6) is 11.5 Å². The zero-order valence-electron chi connectivity index (χ0n) is 20.9. The molecule has 0 radical (unpaired) electrons. The molecule has 8 heteroatoms. The minimum Gasteiger partial charge on any atom is -0.493 e. The molecule has 1 aromatic heterocycles. The van der Waals surface area contributed by atoms with Crippen LogP contribution in [0.2, 0.25) is 0 Å². The highest BCUT2D eigenvalue weighted by Gasteiger charge is 2.24. The van der Waals surface area contributed by atoms with Gasteiger partial charge in [0.2, 0.25) is 5.95 Å². The fraction of sp³-hybridized carbons (Fsp3) is 0.615. The number of benzene rings is 1. The number of aryl methyl sites for hydroxylation is 1. The first kappa shape index (κ1) is 24.5. The third-order valence-corrected chi connectivity index (χ3v) is 7.07. The highest BCUT2D eigenvalue weighted by molar-refractivity contribution is 5.53. The summed E-state index contributed by atoms with van der Waals surface area (Å²) in [5.41, 5.74) is 3.13.